The first-order valence-electron chi connectivity index (χ1n) is 15.4. The van der Waals surface area contributed by atoms with Crippen LogP contribution in [0.1, 0.15) is 25.3 Å². The summed E-state index contributed by atoms with van der Waals surface area (Å²) in [7, 11) is 0. The normalized spacial score (nSPS) is 12.4. The fraction of sp³-hybridized carbons (Fsp3) is 0.0769. The van der Waals surface area contributed by atoms with Crippen molar-refractivity contribution in [2.75, 3.05) is 0 Å². The molecule has 9 rings (SSSR count). The molecule has 0 aliphatic carbocycles. The smallest absolute Gasteiger partial charge is 0.518 e. The van der Waals surface area contributed by atoms with Gasteiger partial charge in [-0.2, -0.15) is 0 Å². The minimum atomic E-state index is -0.250. The third-order valence-corrected chi connectivity index (χ3v) is 8.61. The first-order chi connectivity index (χ1) is 22.6. The monoisotopic (exact) mass is 790 g/mol. The topological polar surface area (TPSA) is 58.4 Å². The summed E-state index contributed by atoms with van der Waals surface area (Å²) in [6, 6.07) is 43.5. The van der Waals surface area contributed by atoms with E-state index in [1.54, 1.807) is 6.20 Å². The summed E-state index contributed by atoms with van der Waals surface area (Å²) in [5.41, 5.74) is 7.69. The minimum Gasteiger partial charge on any atom is -0.518 e. The van der Waals surface area contributed by atoms with Gasteiger partial charge < -0.3 is 18.8 Å². The van der Waals surface area contributed by atoms with Gasteiger partial charge in [-0.25, -0.2) is 4.98 Å². The average Bonchev–Trinajstić information content (AvgIpc) is 3.48. The van der Waals surface area contributed by atoms with Crippen molar-refractivity contribution in [1.29, 1.82) is 0 Å². The van der Waals surface area contributed by atoms with Gasteiger partial charge in [0.1, 0.15) is 11.5 Å². The largest absolute Gasteiger partial charge is 2.00 e. The summed E-state index contributed by atoms with van der Waals surface area (Å²) in [6.45, 7) is 4.10. The van der Waals surface area contributed by atoms with Crippen molar-refractivity contribution in [3.8, 4) is 51.7 Å². The van der Waals surface area contributed by atoms with Gasteiger partial charge in [0.05, 0.1) is 16.9 Å². The third kappa shape index (κ3) is 4.94. The van der Waals surface area contributed by atoms with Crippen molar-refractivity contribution < 1.29 is 35.3 Å². The Kier molecular flexibility index (Phi) is 7.22. The summed E-state index contributed by atoms with van der Waals surface area (Å²) in [4.78, 5) is 9.44. The number of imidazole rings is 1. The molecule has 2 aromatic heterocycles. The molecule has 0 unspecified atom stereocenters. The van der Waals surface area contributed by atoms with Gasteiger partial charge in [-0.3, -0.25) is 4.98 Å². The molecule has 6 nitrogen and oxygen atoms in total. The number of fused-ring (bicyclic) bond motifs is 5. The summed E-state index contributed by atoms with van der Waals surface area (Å²) < 4.78 is 21.5. The maximum Gasteiger partial charge on any atom is 2.00 e. The predicted molar refractivity (Wildman–Crippen MR) is 180 cm³/mol. The Morgan fingerprint density at radius 2 is 1.45 bits per heavy atom. The van der Waals surface area contributed by atoms with E-state index in [9.17, 15) is 0 Å². The first-order valence-corrected chi connectivity index (χ1v) is 15.4. The second kappa shape index (κ2) is 11.6. The molecule has 0 amide bonds. The van der Waals surface area contributed by atoms with Crippen LogP contribution >= 0.6 is 0 Å². The van der Waals surface area contributed by atoms with E-state index < -0.39 is 0 Å². The molecule has 228 valence electrons. The van der Waals surface area contributed by atoms with Crippen molar-refractivity contribution in [1.82, 2.24) is 14.5 Å². The van der Waals surface area contributed by atoms with Crippen LogP contribution in [0.4, 0.5) is 0 Å². The van der Waals surface area contributed by atoms with Gasteiger partial charge in [0.2, 0.25) is 12.6 Å². The molecule has 0 N–H and O–H groups in total. The van der Waals surface area contributed by atoms with E-state index in [-0.39, 0.29) is 27.8 Å². The van der Waals surface area contributed by atoms with Crippen molar-refractivity contribution >= 4 is 34.1 Å². The zero-order valence-electron chi connectivity index (χ0n) is 25.5. The standard InChI is InChI=1S/C39H26BN3O3.Pt/c1-24(2)26-21-35-38-36(22-26)46-34-18-16-28(44-37-14-8-9-19-41-37)23-30(34)40(38)29-20-25(15-17-33(29)45-35)39-42-31-12-6-7-13-32(31)43(39)27-10-4-3-5-11-27;/h3-19,21-22,24H,1-2H3;/q-2;+2. The number of benzene rings is 5. The molecule has 7 aromatic rings. The molecule has 5 aromatic carbocycles. The summed E-state index contributed by atoms with van der Waals surface area (Å²) in [5, 5.41) is 0. The van der Waals surface area contributed by atoms with E-state index in [4.69, 9.17) is 19.2 Å². The van der Waals surface area contributed by atoms with Crippen LogP contribution < -0.4 is 30.6 Å². The molecule has 8 heteroatoms. The molecule has 0 atom stereocenters. The van der Waals surface area contributed by atoms with Crippen LogP contribution in [0.15, 0.2) is 115 Å². The number of hydrogen-bond acceptors (Lipinski definition) is 5. The Labute approximate surface area is 287 Å². The van der Waals surface area contributed by atoms with Crippen molar-refractivity contribution in [3.05, 3.63) is 133 Å². The molecule has 0 spiro atoms. The van der Waals surface area contributed by atoms with Crippen LogP contribution in [0.25, 0.3) is 28.1 Å². The molecule has 2 aliphatic heterocycles. The number of pyridine rings is 1. The molecule has 0 radical (unpaired) electrons. The molecular weight excluding hydrogens is 764 g/mol. The SMILES string of the molecule is CC(C)c1cc2c3c(c1)Oc1ccc(-c4nc5ccccc5n4-c4ccccc4)[c-]c1B3c1[c-]c(Oc3ccccn3)ccc1O2.[Pt+2]. The van der Waals surface area contributed by atoms with E-state index in [1.807, 2.05) is 78.9 Å². The Morgan fingerprint density at radius 1 is 0.745 bits per heavy atom. The van der Waals surface area contributed by atoms with Crippen molar-refractivity contribution in [2.24, 2.45) is 0 Å². The summed E-state index contributed by atoms with van der Waals surface area (Å²) in [5.74, 6) is 5.20. The Balaban J connectivity index is 0.00000324. The van der Waals surface area contributed by atoms with E-state index >= 15 is 0 Å². The van der Waals surface area contributed by atoms with Crippen LogP contribution in [-0.4, -0.2) is 21.2 Å². The summed E-state index contributed by atoms with van der Waals surface area (Å²) in [6.07, 6.45) is 1.71. The van der Waals surface area contributed by atoms with Crippen LogP contribution in [0.2, 0.25) is 0 Å². The second-order valence-electron chi connectivity index (χ2n) is 11.8. The van der Waals surface area contributed by atoms with Crippen LogP contribution in [0.3, 0.4) is 0 Å². The maximum atomic E-state index is 6.63. The minimum absolute atomic E-state index is 0. The van der Waals surface area contributed by atoms with E-state index in [2.05, 4.69) is 65.9 Å². The van der Waals surface area contributed by atoms with Crippen molar-refractivity contribution in [2.45, 2.75) is 19.8 Å². The molecule has 0 fully saturated rings. The zero-order valence-corrected chi connectivity index (χ0v) is 27.8. The molecule has 0 saturated carbocycles. The Bertz CT molecular complexity index is 2270. The van der Waals surface area contributed by atoms with E-state index in [1.165, 1.54) is 0 Å². The van der Waals surface area contributed by atoms with Crippen LogP contribution in [0, 0.1) is 12.1 Å². The molecule has 0 saturated heterocycles. The Morgan fingerprint density at radius 3 is 2.19 bits per heavy atom. The van der Waals surface area contributed by atoms with Crippen molar-refractivity contribution in [3.63, 3.8) is 0 Å². The van der Waals surface area contributed by atoms with Crippen LogP contribution in [-0.2, 0) is 21.1 Å². The van der Waals surface area contributed by atoms with Crippen LogP contribution in [0.5, 0.6) is 34.6 Å². The molecule has 4 heterocycles. The van der Waals surface area contributed by atoms with Gasteiger partial charge in [-0.05, 0) is 53.9 Å². The second-order valence-corrected chi connectivity index (χ2v) is 11.8. The van der Waals surface area contributed by atoms with Gasteiger partial charge in [-0.15, -0.1) is 52.9 Å². The number of para-hydroxylation sites is 3. The first kappa shape index (κ1) is 29.3. The molecular formula is C39H26BN3O3Pt. The fourth-order valence-electron chi connectivity index (χ4n) is 6.41. The molecule has 2 aliphatic rings. The Hall–Kier alpha value is -5.13. The number of ether oxygens (including phenoxy) is 3. The van der Waals surface area contributed by atoms with E-state index in [0.717, 1.165) is 73.1 Å². The number of nitrogens with zero attached hydrogens (tertiary/aromatic N) is 3. The quantitative estimate of drug-likeness (QED) is 0.135. The molecule has 0 bridgehead atoms. The number of hydrogen-bond donors (Lipinski definition) is 0. The zero-order chi connectivity index (χ0) is 30.8. The van der Waals surface area contributed by atoms with Gasteiger partial charge >= 0.3 is 21.1 Å². The molecule has 47 heavy (non-hydrogen) atoms. The fourth-order valence-corrected chi connectivity index (χ4v) is 6.41. The summed E-state index contributed by atoms with van der Waals surface area (Å²) >= 11 is 0. The number of rotatable bonds is 5. The van der Waals surface area contributed by atoms with E-state index in [0.29, 0.717) is 17.5 Å². The third-order valence-electron chi connectivity index (χ3n) is 8.61. The van der Waals surface area contributed by atoms with Gasteiger partial charge in [-0.1, -0.05) is 50.2 Å². The van der Waals surface area contributed by atoms with Gasteiger partial charge in [0.25, 0.3) is 0 Å². The van der Waals surface area contributed by atoms with Gasteiger partial charge in [0, 0.05) is 40.7 Å². The maximum absolute atomic E-state index is 6.63. The van der Waals surface area contributed by atoms with Gasteiger partial charge in [0.15, 0.2) is 0 Å². The number of aromatic nitrogens is 3. The average molecular weight is 791 g/mol. The predicted octanol–water partition coefficient (Wildman–Crippen LogP) is 7.33.